The third kappa shape index (κ3) is 2.77. The fourth-order valence-electron chi connectivity index (χ4n) is 2.83. The van der Waals surface area contributed by atoms with Crippen molar-refractivity contribution in [3.63, 3.8) is 0 Å². The first-order valence-electron chi connectivity index (χ1n) is 7.79. The summed E-state index contributed by atoms with van der Waals surface area (Å²) in [5.41, 5.74) is 3.47. The van der Waals surface area contributed by atoms with Crippen molar-refractivity contribution in [2.75, 3.05) is 0 Å². The highest BCUT2D eigenvalue weighted by Crippen LogP contribution is 2.31. The quantitative estimate of drug-likeness (QED) is 0.446. The van der Waals surface area contributed by atoms with Gasteiger partial charge in [0, 0.05) is 16.0 Å². The number of nitrogens with zero attached hydrogens (tertiary/aromatic N) is 1. The molecule has 2 aromatic carbocycles. The fourth-order valence-corrected chi connectivity index (χ4v) is 3.81. The Balaban J connectivity index is 1.92. The molecule has 3 nitrogen and oxygen atoms in total. The molecule has 25 heavy (non-hydrogen) atoms. The average Bonchev–Trinajstić information content (AvgIpc) is 3.07. The second-order valence-corrected chi connectivity index (χ2v) is 7.13. The predicted molar refractivity (Wildman–Crippen MR) is 104 cm³/mol. The average molecular weight is 368 g/mol. The van der Waals surface area contributed by atoms with Crippen LogP contribution in [0.5, 0.6) is 0 Å². The van der Waals surface area contributed by atoms with Crippen molar-refractivity contribution < 1.29 is 4.42 Å². The summed E-state index contributed by atoms with van der Waals surface area (Å²) in [5.74, 6) is 0.559. The third-order valence-electron chi connectivity index (χ3n) is 4.13. The van der Waals surface area contributed by atoms with Crippen LogP contribution in [0.15, 0.2) is 57.1 Å². The number of aromatic nitrogens is 1. The Kier molecular flexibility index (Phi) is 3.94. The lowest BCUT2D eigenvalue weighted by Crippen LogP contribution is -2.08. The van der Waals surface area contributed by atoms with Gasteiger partial charge in [-0.15, -0.1) is 11.3 Å². The monoisotopic (exact) mass is 367 g/mol. The number of aryl methyl sites for hydroxylation is 2. The molecule has 0 N–H and O–H groups in total. The van der Waals surface area contributed by atoms with Gasteiger partial charge in [-0.25, -0.2) is 4.98 Å². The molecule has 2 aromatic heterocycles. The van der Waals surface area contributed by atoms with Gasteiger partial charge in [-0.1, -0.05) is 41.9 Å². The maximum absolute atomic E-state index is 13.0. The van der Waals surface area contributed by atoms with Crippen LogP contribution in [0.2, 0.25) is 5.02 Å². The first-order valence-corrected chi connectivity index (χ1v) is 9.05. The van der Waals surface area contributed by atoms with Crippen LogP contribution >= 0.6 is 22.9 Å². The summed E-state index contributed by atoms with van der Waals surface area (Å²) >= 11 is 7.70. The summed E-state index contributed by atoms with van der Waals surface area (Å²) < 4.78 is 5.88. The molecule has 4 rings (SSSR count). The van der Waals surface area contributed by atoms with Crippen LogP contribution in [0.1, 0.15) is 11.3 Å². The van der Waals surface area contributed by atoms with Gasteiger partial charge in [0.2, 0.25) is 5.43 Å². The fraction of sp³-hybridized carbons (Fsp3) is 0.100. The highest BCUT2D eigenvalue weighted by molar-refractivity contribution is 7.13. The number of thiazole rings is 1. The second-order valence-electron chi connectivity index (χ2n) is 5.86. The van der Waals surface area contributed by atoms with Crippen LogP contribution in [0, 0.1) is 13.8 Å². The van der Waals surface area contributed by atoms with Crippen molar-refractivity contribution in [3.05, 3.63) is 74.4 Å². The molecule has 0 fully saturated rings. The van der Waals surface area contributed by atoms with Crippen LogP contribution in [0.4, 0.5) is 0 Å². The molecule has 0 radical (unpaired) electrons. The molecule has 0 saturated heterocycles. The van der Waals surface area contributed by atoms with Crippen molar-refractivity contribution in [2.45, 2.75) is 13.8 Å². The Morgan fingerprint density at radius 1 is 1.12 bits per heavy atom. The molecule has 0 atom stereocenters. The van der Waals surface area contributed by atoms with E-state index in [2.05, 4.69) is 4.98 Å². The van der Waals surface area contributed by atoms with E-state index in [9.17, 15) is 4.79 Å². The van der Waals surface area contributed by atoms with Gasteiger partial charge in [0.05, 0.1) is 16.6 Å². The van der Waals surface area contributed by atoms with E-state index in [1.165, 1.54) is 11.3 Å². The van der Waals surface area contributed by atoms with Gasteiger partial charge in [0.25, 0.3) is 0 Å². The predicted octanol–water partition coefficient (Wildman–Crippen LogP) is 5.85. The Morgan fingerprint density at radius 3 is 2.64 bits per heavy atom. The molecule has 0 unspecified atom stereocenters. The standard InChI is InChI=1S/C20H14ClNO2S/c1-11-8-17-14(9-15(11)21)19(23)18(12(2)24-17)16-10-25-20(22-16)13-6-4-3-5-7-13/h3-10H,1-2H3. The number of benzene rings is 2. The zero-order valence-electron chi connectivity index (χ0n) is 13.7. The van der Waals surface area contributed by atoms with E-state index in [0.29, 0.717) is 33.0 Å². The summed E-state index contributed by atoms with van der Waals surface area (Å²) in [7, 11) is 0. The molecule has 4 aromatic rings. The molecule has 0 aliphatic rings. The zero-order chi connectivity index (χ0) is 17.6. The van der Waals surface area contributed by atoms with Crippen LogP contribution in [0.3, 0.4) is 0 Å². The largest absolute Gasteiger partial charge is 0.460 e. The number of hydrogen-bond donors (Lipinski definition) is 0. The van der Waals surface area contributed by atoms with E-state index >= 15 is 0 Å². The summed E-state index contributed by atoms with van der Waals surface area (Å²) in [6.07, 6.45) is 0. The summed E-state index contributed by atoms with van der Waals surface area (Å²) in [6, 6.07) is 13.4. The molecular formula is C20H14ClNO2S. The topological polar surface area (TPSA) is 43.1 Å². The smallest absolute Gasteiger partial charge is 0.202 e. The SMILES string of the molecule is Cc1cc2oc(C)c(-c3csc(-c4ccccc4)n3)c(=O)c2cc1Cl. The minimum Gasteiger partial charge on any atom is -0.460 e. The number of rotatable bonds is 2. The first-order chi connectivity index (χ1) is 12.0. The summed E-state index contributed by atoms with van der Waals surface area (Å²) in [4.78, 5) is 17.6. The third-order valence-corrected chi connectivity index (χ3v) is 5.43. The van der Waals surface area contributed by atoms with E-state index in [1.807, 2.05) is 42.6 Å². The lowest BCUT2D eigenvalue weighted by molar-refractivity contribution is 0.567. The molecule has 0 bridgehead atoms. The maximum Gasteiger partial charge on any atom is 0.202 e. The molecular weight excluding hydrogens is 354 g/mol. The van der Waals surface area contributed by atoms with Crippen molar-refractivity contribution in [3.8, 4) is 21.8 Å². The van der Waals surface area contributed by atoms with Gasteiger partial charge in [0.1, 0.15) is 16.4 Å². The van der Waals surface area contributed by atoms with Gasteiger partial charge in [-0.2, -0.15) is 0 Å². The summed E-state index contributed by atoms with van der Waals surface area (Å²) in [5, 5.41) is 3.79. The maximum atomic E-state index is 13.0. The Bertz CT molecular complexity index is 1150. The van der Waals surface area contributed by atoms with E-state index < -0.39 is 0 Å². The van der Waals surface area contributed by atoms with E-state index in [0.717, 1.165) is 16.1 Å². The Hall–Kier alpha value is -2.43. The van der Waals surface area contributed by atoms with Crippen molar-refractivity contribution in [1.29, 1.82) is 0 Å². The minimum absolute atomic E-state index is 0.106. The normalized spacial score (nSPS) is 11.2. The van der Waals surface area contributed by atoms with Crippen LogP contribution in [-0.4, -0.2) is 4.98 Å². The molecule has 124 valence electrons. The molecule has 2 heterocycles. The van der Waals surface area contributed by atoms with Gasteiger partial charge in [-0.05, 0) is 31.5 Å². The van der Waals surface area contributed by atoms with Crippen LogP contribution in [0.25, 0.3) is 32.8 Å². The second kappa shape index (κ2) is 6.14. The van der Waals surface area contributed by atoms with E-state index in [4.69, 9.17) is 16.0 Å². The highest BCUT2D eigenvalue weighted by atomic mass is 35.5. The first kappa shape index (κ1) is 16.1. The molecule has 0 saturated carbocycles. The number of hydrogen-bond acceptors (Lipinski definition) is 4. The lowest BCUT2D eigenvalue weighted by Gasteiger charge is -2.06. The highest BCUT2D eigenvalue weighted by Gasteiger charge is 2.17. The van der Waals surface area contributed by atoms with Crippen molar-refractivity contribution in [2.24, 2.45) is 0 Å². The Labute approximate surface area is 153 Å². The lowest BCUT2D eigenvalue weighted by atomic mass is 10.1. The van der Waals surface area contributed by atoms with E-state index in [-0.39, 0.29) is 5.43 Å². The molecule has 0 amide bonds. The van der Waals surface area contributed by atoms with Crippen molar-refractivity contribution in [1.82, 2.24) is 4.98 Å². The van der Waals surface area contributed by atoms with E-state index in [1.54, 1.807) is 19.1 Å². The van der Waals surface area contributed by atoms with Gasteiger partial charge >= 0.3 is 0 Å². The number of halogens is 1. The molecule has 5 heteroatoms. The van der Waals surface area contributed by atoms with Gasteiger partial charge in [0.15, 0.2) is 0 Å². The van der Waals surface area contributed by atoms with Crippen LogP contribution in [-0.2, 0) is 0 Å². The zero-order valence-corrected chi connectivity index (χ0v) is 15.2. The summed E-state index contributed by atoms with van der Waals surface area (Å²) in [6.45, 7) is 3.68. The van der Waals surface area contributed by atoms with Crippen LogP contribution < -0.4 is 5.43 Å². The van der Waals surface area contributed by atoms with Crippen molar-refractivity contribution >= 4 is 33.9 Å². The van der Waals surface area contributed by atoms with Gasteiger partial charge < -0.3 is 4.42 Å². The Morgan fingerprint density at radius 2 is 1.88 bits per heavy atom. The molecule has 0 spiro atoms. The molecule has 0 aliphatic heterocycles. The molecule has 0 aliphatic carbocycles. The minimum atomic E-state index is -0.106. The number of fused-ring (bicyclic) bond motifs is 1. The van der Waals surface area contributed by atoms with Gasteiger partial charge in [-0.3, -0.25) is 4.79 Å².